The van der Waals surface area contributed by atoms with Gasteiger partial charge in [-0.3, -0.25) is 0 Å². The second-order valence-electron chi connectivity index (χ2n) is 4.36. The van der Waals surface area contributed by atoms with Crippen LogP contribution in [0, 0.1) is 5.92 Å². The Kier molecular flexibility index (Phi) is 4.69. The molecule has 0 aliphatic carbocycles. The van der Waals surface area contributed by atoms with Crippen molar-refractivity contribution in [1.82, 2.24) is 9.97 Å². The van der Waals surface area contributed by atoms with Gasteiger partial charge in [-0.05, 0) is 18.4 Å². The van der Waals surface area contributed by atoms with Gasteiger partial charge >= 0.3 is 0 Å². The molecule has 84 valence electrons. The fourth-order valence-electron chi connectivity index (χ4n) is 1.43. The van der Waals surface area contributed by atoms with E-state index in [0.29, 0.717) is 5.92 Å². The minimum Gasteiger partial charge on any atom is -0.327 e. The lowest BCUT2D eigenvalue weighted by Crippen LogP contribution is -2.29. The summed E-state index contributed by atoms with van der Waals surface area (Å²) in [6.45, 7) is 6.43. The Bertz CT molecular complexity index is 297. The summed E-state index contributed by atoms with van der Waals surface area (Å²) in [6, 6.07) is 2.26. The van der Waals surface area contributed by atoms with Crippen LogP contribution < -0.4 is 5.73 Å². The van der Waals surface area contributed by atoms with E-state index < -0.39 is 0 Å². The lowest BCUT2D eigenvalue weighted by molar-refractivity contribution is 0.486. The Morgan fingerprint density at radius 1 is 1.27 bits per heavy atom. The van der Waals surface area contributed by atoms with Crippen molar-refractivity contribution in [3.05, 3.63) is 23.8 Å². The molecule has 3 nitrogen and oxygen atoms in total. The number of aryl methyl sites for hydroxylation is 1. The van der Waals surface area contributed by atoms with E-state index in [1.807, 2.05) is 0 Å². The molecule has 0 aliphatic heterocycles. The Labute approximate surface area is 92.1 Å². The summed E-state index contributed by atoms with van der Waals surface area (Å²) in [5.74, 6) is 0.495. The topological polar surface area (TPSA) is 51.8 Å². The number of rotatable bonds is 5. The van der Waals surface area contributed by atoms with Gasteiger partial charge in [0.05, 0.1) is 0 Å². The SMILES string of the molecule is CCCc1cc(CC(N)C(C)C)ncn1. The van der Waals surface area contributed by atoms with E-state index in [9.17, 15) is 0 Å². The second kappa shape index (κ2) is 5.81. The number of nitrogens with zero attached hydrogens (tertiary/aromatic N) is 2. The molecule has 2 N–H and O–H groups in total. The number of aromatic nitrogens is 2. The molecule has 0 amide bonds. The molecular formula is C12H21N3. The van der Waals surface area contributed by atoms with Crippen LogP contribution in [0.2, 0.25) is 0 Å². The highest BCUT2D eigenvalue weighted by Crippen LogP contribution is 2.07. The van der Waals surface area contributed by atoms with Gasteiger partial charge in [0.2, 0.25) is 0 Å². The molecule has 1 atom stereocenters. The minimum atomic E-state index is 0.189. The number of hydrogen-bond acceptors (Lipinski definition) is 3. The first-order valence-corrected chi connectivity index (χ1v) is 5.68. The van der Waals surface area contributed by atoms with Crippen molar-refractivity contribution in [3.8, 4) is 0 Å². The van der Waals surface area contributed by atoms with E-state index in [4.69, 9.17) is 5.73 Å². The van der Waals surface area contributed by atoms with Crippen molar-refractivity contribution in [2.24, 2.45) is 11.7 Å². The molecule has 0 saturated carbocycles. The zero-order chi connectivity index (χ0) is 11.3. The van der Waals surface area contributed by atoms with Crippen LogP contribution in [-0.2, 0) is 12.8 Å². The summed E-state index contributed by atoms with van der Waals surface area (Å²) < 4.78 is 0. The van der Waals surface area contributed by atoms with Gasteiger partial charge in [-0.2, -0.15) is 0 Å². The molecule has 1 aromatic heterocycles. The van der Waals surface area contributed by atoms with Gasteiger partial charge < -0.3 is 5.73 Å². The molecule has 0 bridgehead atoms. The largest absolute Gasteiger partial charge is 0.327 e. The molecule has 1 rings (SSSR count). The van der Waals surface area contributed by atoms with Gasteiger partial charge in [0.25, 0.3) is 0 Å². The lowest BCUT2D eigenvalue weighted by Gasteiger charge is -2.14. The summed E-state index contributed by atoms with van der Waals surface area (Å²) in [5.41, 5.74) is 8.20. The van der Waals surface area contributed by atoms with E-state index in [1.165, 1.54) is 0 Å². The summed E-state index contributed by atoms with van der Waals surface area (Å²) >= 11 is 0. The van der Waals surface area contributed by atoms with Crippen molar-refractivity contribution < 1.29 is 0 Å². The monoisotopic (exact) mass is 207 g/mol. The van der Waals surface area contributed by atoms with E-state index in [0.717, 1.165) is 30.7 Å². The van der Waals surface area contributed by atoms with Gasteiger partial charge in [0, 0.05) is 23.9 Å². The highest BCUT2D eigenvalue weighted by Gasteiger charge is 2.09. The van der Waals surface area contributed by atoms with Gasteiger partial charge in [-0.25, -0.2) is 9.97 Å². The van der Waals surface area contributed by atoms with Crippen LogP contribution in [0.4, 0.5) is 0 Å². The quantitative estimate of drug-likeness (QED) is 0.803. The molecule has 15 heavy (non-hydrogen) atoms. The predicted octanol–water partition coefficient (Wildman–Crippen LogP) is 1.95. The smallest absolute Gasteiger partial charge is 0.115 e. The second-order valence-corrected chi connectivity index (χ2v) is 4.36. The number of nitrogens with two attached hydrogens (primary N) is 1. The Morgan fingerprint density at radius 3 is 2.53 bits per heavy atom. The van der Waals surface area contributed by atoms with Crippen molar-refractivity contribution in [3.63, 3.8) is 0 Å². The van der Waals surface area contributed by atoms with Gasteiger partial charge in [-0.15, -0.1) is 0 Å². The van der Waals surface area contributed by atoms with Crippen molar-refractivity contribution in [1.29, 1.82) is 0 Å². The summed E-state index contributed by atoms with van der Waals surface area (Å²) in [7, 11) is 0. The first kappa shape index (κ1) is 12.1. The fraction of sp³-hybridized carbons (Fsp3) is 0.667. The molecule has 0 spiro atoms. The molecule has 0 saturated heterocycles. The Hall–Kier alpha value is -0.960. The number of hydrogen-bond donors (Lipinski definition) is 1. The first-order valence-electron chi connectivity index (χ1n) is 5.68. The summed E-state index contributed by atoms with van der Waals surface area (Å²) in [5, 5.41) is 0. The molecule has 1 aromatic rings. The van der Waals surface area contributed by atoms with Crippen LogP contribution in [0.15, 0.2) is 12.4 Å². The maximum Gasteiger partial charge on any atom is 0.115 e. The Balaban J connectivity index is 2.64. The maximum absolute atomic E-state index is 6.01. The van der Waals surface area contributed by atoms with E-state index >= 15 is 0 Å². The van der Waals surface area contributed by atoms with Crippen molar-refractivity contribution in [2.45, 2.75) is 46.1 Å². The molecular weight excluding hydrogens is 186 g/mol. The van der Waals surface area contributed by atoms with E-state index in [1.54, 1.807) is 6.33 Å². The van der Waals surface area contributed by atoms with E-state index in [2.05, 4.69) is 36.8 Å². The maximum atomic E-state index is 6.01. The van der Waals surface area contributed by atoms with Crippen molar-refractivity contribution >= 4 is 0 Å². The zero-order valence-electron chi connectivity index (χ0n) is 9.90. The van der Waals surface area contributed by atoms with Crippen LogP contribution in [0.1, 0.15) is 38.6 Å². The fourth-order valence-corrected chi connectivity index (χ4v) is 1.43. The van der Waals surface area contributed by atoms with Gasteiger partial charge in [-0.1, -0.05) is 27.2 Å². The normalized spacial score (nSPS) is 13.1. The van der Waals surface area contributed by atoms with Gasteiger partial charge in [0.15, 0.2) is 0 Å². The Morgan fingerprint density at radius 2 is 1.93 bits per heavy atom. The third kappa shape index (κ3) is 3.96. The first-order chi connectivity index (χ1) is 7.13. The van der Waals surface area contributed by atoms with Crippen LogP contribution in [0.3, 0.4) is 0 Å². The summed E-state index contributed by atoms with van der Waals surface area (Å²) in [4.78, 5) is 8.48. The highest BCUT2D eigenvalue weighted by atomic mass is 14.8. The molecule has 0 fully saturated rings. The summed E-state index contributed by atoms with van der Waals surface area (Å²) in [6.07, 6.45) is 4.63. The van der Waals surface area contributed by atoms with Crippen LogP contribution >= 0.6 is 0 Å². The van der Waals surface area contributed by atoms with Gasteiger partial charge in [0.1, 0.15) is 6.33 Å². The lowest BCUT2D eigenvalue weighted by atomic mass is 10.00. The van der Waals surface area contributed by atoms with Crippen molar-refractivity contribution in [2.75, 3.05) is 0 Å². The third-order valence-electron chi connectivity index (χ3n) is 2.59. The third-order valence-corrected chi connectivity index (χ3v) is 2.59. The molecule has 3 heteroatoms. The van der Waals surface area contributed by atoms with Crippen LogP contribution in [-0.4, -0.2) is 16.0 Å². The van der Waals surface area contributed by atoms with Crippen LogP contribution in [0.25, 0.3) is 0 Å². The minimum absolute atomic E-state index is 0.189. The molecule has 0 aromatic carbocycles. The average Bonchev–Trinajstić information content (AvgIpc) is 2.18. The zero-order valence-corrected chi connectivity index (χ0v) is 9.90. The average molecular weight is 207 g/mol. The molecule has 1 unspecified atom stereocenters. The molecule has 0 aliphatic rings. The molecule has 1 heterocycles. The highest BCUT2D eigenvalue weighted by molar-refractivity contribution is 5.09. The molecule has 0 radical (unpaired) electrons. The standard InChI is InChI=1S/C12H21N3/c1-4-5-10-6-11(15-8-14-10)7-12(13)9(2)3/h6,8-9,12H,4-5,7,13H2,1-3H3. The predicted molar refractivity (Wildman–Crippen MR) is 62.5 cm³/mol. The van der Waals surface area contributed by atoms with E-state index in [-0.39, 0.29) is 6.04 Å². The van der Waals surface area contributed by atoms with Crippen LogP contribution in [0.5, 0.6) is 0 Å².